The Balaban J connectivity index is 1.81. The van der Waals surface area contributed by atoms with E-state index in [0.29, 0.717) is 6.54 Å². The van der Waals surface area contributed by atoms with Crippen molar-refractivity contribution in [3.05, 3.63) is 41.1 Å². The molecule has 0 spiro atoms. The first-order valence-electron chi connectivity index (χ1n) is 5.32. The van der Waals surface area contributed by atoms with Gasteiger partial charge >= 0.3 is 0 Å². The van der Waals surface area contributed by atoms with Crippen LogP contribution in [0.2, 0.25) is 0 Å². The molecule has 0 bridgehead atoms. The number of anilines is 1. The summed E-state index contributed by atoms with van der Waals surface area (Å²) in [6.45, 7) is 2.64. The molecule has 0 unspecified atom stereocenters. The zero-order valence-electron chi connectivity index (χ0n) is 9.30. The molecular weight excluding hydrogens is 234 g/mol. The number of furan rings is 1. The molecule has 0 aliphatic heterocycles. The lowest BCUT2D eigenvalue weighted by Crippen LogP contribution is -1.97. The van der Waals surface area contributed by atoms with Crippen LogP contribution in [0.15, 0.2) is 34.9 Å². The van der Waals surface area contributed by atoms with Crippen molar-refractivity contribution in [2.75, 3.05) is 5.32 Å². The Morgan fingerprint density at radius 3 is 3.00 bits per heavy atom. The smallest absolute Gasteiger partial charge is 0.205 e. The third-order valence-electron chi connectivity index (χ3n) is 2.52. The van der Waals surface area contributed by atoms with Crippen LogP contribution in [-0.4, -0.2) is 10.2 Å². The third-order valence-corrected chi connectivity index (χ3v) is 3.31. The summed E-state index contributed by atoms with van der Waals surface area (Å²) in [5, 5.41) is 14.2. The molecule has 0 amide bonds. The molecule has 1 aromatic carbocycles. The first-order valence-corrected chi connectivity index (χ1v) is 6.13. The Hall–Kier alpha value is -1.88. The van der Waals surface area contributed by atoms with E-state index in [1.807, 2.05) is 25.1 Å². The second-order valence-corrected chi connectivity index (χ2v) is 4.92. The van der Waals surface area contributed by atoms with Crippen LogP contribution in [0.5, 0.6) is 0 Å². The number of rotatable bonds is 3. The molecule has 0 fully saturated rings. The summed E-state index contributed by atoms with van der Waals surface area (Å²) in [5.41, 5.74) is 2.05. The summed E-state index contributed by atoms with van der Waals surface area (Å²) in [6, 6.07) is 8.00. The minimum atomic E-state index is 0.700. The molecule has 0 aliphatic carbocycles. The number of aromatic nitrogens is 2. The molecular formula is C12H11N3OS. The molecule has 2 heterocycles. The number of fused-ring (bicyclic) bond motifs is 1. The van der Waals surface area contributed by atoms with Crippen LogP contribution in [0.4, 0.5) is 5.13 Å². The summed E-state index contributed by atoms with van der Waals surface area (Å²) in [7, 11) is 0. The van der Waals surface area contributed by atoms with Gasteiger partial charge in [-0.25, -0.2) is 0 Å². The molecule has 86 valence electrons. The number of para-hydroxylation sites is 1. The topological polar surface area (TPSA) is 51.0 Å². The van der Waals surface area contributed by atoms with Gasteiger partial charge in [-0.3, -0.25) is 0 Å². The lowest BCUT2D eigenvalue weighted by atomic mass is 10.2. The maximum absolute atomic E-state index is 5.47. The maximum atomic E-state index is 5.47. The Labute approximate surface area is 102 Å². The molecule has 1 N–H and O–H groups in total. The number of hydrogen-bond donors (Lipinski definition) is 1. The first kappa shape index (κ1) is 10.3. The van der Waals surface area contributed by atoms with Crippen molar-refractivity contribution in [3.63, 3.8) is 0 Å². The highest BCUT2D eigenvalue weighted by Crippen LogP contribution is 2.22. The van der Waals surface area contributed by atoms with Gasteiger partial charge < -0.3 is 9.73 Å². The molecule has 4 nitrogen and oxygen atoms in total. The van der Waals surface area contributed by atoms with Gasteiger partial charge in [0, 0.05) is 17.5 Å². The molecule has 17 heavy (non-hydrogen) atoms. The van der Waals surface area contributed by atoms with Gasteiger partial charge in [0.2, 0.25) is 5.13 Å². The molecule has 0 atom stereocenters. The predicted octanol–water partition coefficient (Wildman–Crippen LogP) is 3.20. The number of nitrogens with one attached hydrogen (secondary N) is 1. The maximum Gasteiger partial charge on any atom is 0.205 e. The molecule has 0 saturated heterocycles. The molecule has 3 rings (SSSR count). The fourth-order valence-corrected chi connectivity index (χ4v) is 2.30. The largest absolute Gasteiger partial charge is 0.464 e. The molecule has 3 aromatic rings. The monoisotopic (exact) mass is 245 g/mol. The van der Waals surface area contributed by atoms with Crippen molar-refractivity contribution < 1.29 is 4.42 Å². The summed E-state index contributed by atoms with van der Waals surface area (Å²) < 4.78 is 5.47. The summed E-state index contributed by atoms with van der Waals surface area (Å²) in [4.78, 5) is 0. The zero-order chi connectivity index (χ0) is 11.7. The predicted molar refractivity (Wildman–Crippen MR) is 68.2 cm³/mol. The van der Waals surface area contributed by atoms with E-state index in [-0.39, 0.29) is 0 Å². The van der Waals surface area contributed by atoms with E-state index in [9.17, 15) is 0 Å². The highest BCUT2D eigenvalue weighted by atomic mass is 32.1. The normalized spacial score (nSPS) is 10.9. The summed E-state index contributed by atoms with van der Waals surface area (Å²) in [5.74, 6) is 0. The standard InChI is InChI=1S/C12H11N3OS/c1-8-14-15-12(17-8)13-6-9-7-16-11-5-3-2-4-10(9)11/h2-5,7H,6H2,1H3,(H,13,15). The Kier molecular flexibility index (Phi) is 2.53. The molecule has 0 radical (unpaired) electrons. The van der Waals surface area contributed by atoms with Crippen LogP contribution >= 0.6 is 11.3 Å². The van der Waals surface area contributed by atoms with Crippen LogP contribution in [0.25, 0.3) is 11.0 Å². The first-order chi connectivity index (χ1) is 8.33. The second kappa shape index (κ2) is 4.18. The van der Waals surface area contributed by atoms with Gasteiger partial charge in [-0.1, -0.05) is 29.5 Å². The van der Waals surface area contributed by atoms with E-state index >= 15 is 0 Å². The van der Waals surface area contributed by atoms with Crippen molar-refractivity contribution >= 4 is 27.4 Å². The lowest BCUT2D eigenvalue weighted by molar-refractivity contribution is 0.611. The quantitative estimate of drug-likeness (QED) is 0.769. The molecule has 0 aliphatic rings. The van der Waals surface area contributed by atoms with Crippen molar-refractivity contribution in [1.29, 1.82) is 0 Å². The van der Waals surface area contributed by atoms with Crippen molar-refractivity contribution in [3.8, 4) is 0 Å². The Morgan fingerprint density at radius 2 is 2.18 bits per heavy atom. The number of nitrogens with zero attached hydrogens (tertiary/aromatic N) is 2. The summed E-state index contributed by atoms with van der Waals surface area (Å²) >= 11 is 1.55. The van der Waals surface area contributed by atoms with Crippen LogP contribution in [0.3, 0.4) is 0 Å². The minimum absolute atomic E-state index is 0.700. The second-order valence-electron chi connectivity index (χ2n) is 3.74. The van der Waals surface area contributed by atoms with Crippen LogP contribution in [-0.2, 0) is 6.54 Å². The minimum Gasteiger partial charge on any atom is -0.464 e. The van der Waals surface area contributed by atoms with E-state index in [0.717, 1.165) is 26.7 Å². The fourth-order valence-electron chi connectivity index (χ4n) is 1.71. The molecule has 2 aromatic heterocycles. The van der Waals surface area contributed by atoms with E-state index < -0.39 is 0 Å². The van der Waals surface area contributed by atoms with E-state index in [2.05, 4.69) is 21.6 Å². The Morgan fingerprint density at radius 1 is 1.29 bits per heavy atom. The van der Waals surface area contributed by atoms with Crippen molar-refractivity contribution in [2.45, 2.75) is 13.5 Å². The van der Waals surface area contributed by atoms with E-state index in [1.165, 1.54) is 0 Å². The van der Waals surface area contributed by atoms with Gasteiger partial charge in [0.25, 0.3) is 0 Å². The van der Waals surface area contributed by atoms with E-state index in [1.54, 1.807) is 17.6 Å². The van der Waals surface area contributed by atoms with Gasteiger partial charge in [-0.05, 0) is 13.0 Å². The van der Waals surface area contributed by atoms with Crippen LogP contribution in [0.1, 0.15) is 10.6 Å². The summed E-state index contributed by atoms with van der Waals surface area (Å²) in [6.07, 6.45) is 1.78. The van der Waals surface area contributed by atoms with Crippen molar-refractivity contribution in [1.82, 2.24) is 10.2 Å². The van der Waals surface area contributed by atoms with Gasteiger partial charge in [0.15, 0.2) is 0 Å². The SMILES string of the molecule is Cc1nnc(NCc2coc3ccccc23)s1. The van der Waals surface area contributed by atoms with Crippen LogP contribution in [0, 0.1) is 6.92 Å². The van der Waals surface area contributed by atoms with Crippen molar-refractivity contribution in [2.24, 2.45) is 0 Å². The van der Waals surface area contributed by atoms with Gasteiger partial charge in [-0.2, -0.15) is 0 Å². The van der Waals surface area contributed by atoms with Crippen LogP contribution < -0.4 is 5.32 Å². The van der Waals surface area contributed by atoms with Gasteiger partial charge in [-0.15, -0.1) is 10.2 Å². The fraction of sp³-hybridized carbons (Fsp3) is 0.167. The zero-order valence-corrected chi connectivity index (χ0v) is 10.1. The number of aryl methyl sites for hydroxylation is 1. The average Bonchev–Trinajstić information content (AvgIpc) is 2.93. The van der Waals surface area contributed by atoms with Gasteiger partial charge in [0.1, 0.15) is 10.6 Å². The average molecular weight is 245 g/mol. The number of hydrogen-bond acceptors (Lipinski definition) is 5. The third kappa shape index (κ3) is 2.01. The highest BCUT2D eigenvalue weighted by Gasteiger charge is 2.05. The van der Waals surface area contributed by atoms with E-state index in [4.69, 9.17) is 4.42 Å². The lowest BCUT2D eigenvalue weighted by Gasteiger charge is -1.98. The highest BCUT2D eigenvalue weighted by molar-refractivity contribution is 7.15. The number of benzene rings is 1. The molecule has 0 saturated carbocycles. The van der Waals surface area contributed by atoms with Gasteiger partial charge in [0.05, 0.1) is 6.26 Å². The molecule has 5 heteroatoms. The Bertz CT molecular complexity index is 644.